The number of nitrogens with one attached hydrogen (secondary N) is 1. The van der Waals surface area contributed by atoms with Crippen molar-refractivity contribution in [2.24, 2.45) is 5.92 Å². The molecule has 1 amide bonds. The van der Waals surface area contributed by atoms with Gasteiger partial charge in [0.25, 0.3) is 0 Å². The molecule has 0 aromatic carbocycles. The van der Waals surface area contributed by atoms with Crippen LogP contribution in [0.25, 0.3) is 0 Å². The normalized spacial score (nSPS) is 14.1. The maximum Gasteiger partial charge on any atom is 0.470 e. The Balaban J connectivity index is 3.95. The van der Waals surface area contributed by atoms with E-state index in [1.807, 2.05) is 13.8 Å². The topological polar surface area (TPSA) is 95.9 Å². The van der Waals surface area contributed by atoms with Gasteiger partial charge in [0.2, 0.25) is 5.91 Å². The standard InChI is InChI=1S/C7H16NO5P/c1-5(2)4-8-7(9)6(3)13-14(10,11)12/h5-6H,4H2,1-3H3,(H,8,9)(H2,10,11,12). The van der Waals surface area contributed by atoms with Crippen molar-refractivity contribution in [3.05, 3.63) is 0 Å². The van der Waals surface area contributed by atoms with Gasteiger partial charge in [0.05, 0.1) is 0 Å². The van der Waals surface area contributed by atoms with Crippen LogP contribution in [0.5, 0.6) is 0 Å². The van der Waals surface area contributed by atoms with Crippen LogP contribution in [-0.4, -0.2) is 28.3 Å². The molecule has 1 unspecified atom stereocenters. The number of rotatable bonds is 5. The molecule has 0 saturated heterocycles. The van der Waals surface area contributed by atoms with Crippen LogP contribution < -0.4 is 5.32 Å². The summed E-state index contributed by atoms with van der Waals surface area (Å²) in [6.45, 7) is 5.56. The molecule has 0 bridgehead atoms. The Morgan fingerprint density at radius 2 is 1.93 bits per heavy atom. The molecule has 0 rings (SSSR count). The minimum atomic E-state index is -4.58. The smallest absolute Gasteiger partial charge is 0.354 e. The van der Waals surface area contributed by atoms with Gasteiger partial charge in [0.1, 0.15) is 6.10 Å². The molecule has 0 aliphatic carbocycles. The molecule has 0 fully saturated rings. The van der Waals surface area contributed by atoms with Crippen LogP contribution >= 0.6 is 7.82 Å². The summed E-state index contributed by atoms with van der Waals surface area (Å²) in [6.07, 6.45) is -1.14. The molecule has 14 heavy (non-hydrogen) atoms. The van der Waals surface area contributed by atoms with Crippen molar-refractivity contribution in [3.8, 4) is 0 Å². The first kappa shape index (κ1) is 13.6. The Kier molecular flexibility index (Phi) is 5.29. The molecule has 0 aliphatic rings. The summed E-state index contributed by atoms with van der Waals surface area (Å²) in [5, 5.41) is 2.50. The summed E-state index contributed by atoms with van der Waals surface area (Å²) in [5.41, 5.74) is 0. The van der Waals surface area contributed by atoms with Crippen molar-refractivity contribution in [2.45, 2.75) is 26.9 Å². The molecule has 0 aromatic heterocycles. The quantitative estimate of drug-likeness (QED) is 0.583. The Morgan fingerprint density at radius 1 is 1.43 bits per heavy atom. The molecule has 3 N–H and O–H groups in total. The highest BCUT2D eigenvalue weighted by Gasteiger charge is 2.23. The van der Waals surface area contributed by atoms with Gasteiger partial charge in [-0.1, -0.05) is 13.8 Å². The summed E-state index contributed by atoms with van der Waals surface area (Å²) < 4.78 is 14.6. The van der Waals surface area contributed by atoms with Crippen LogP contribution in [0.3, 0.4) is 0 Å². The fraction of sp³-hybridized carbons (Fsp3) is 0.857. The second-order valence-electron chi connectivity index (χ2n) is 3.38. The van der Waals surface area contributed by atoms with Crippen LogP contribution in [0.2, 0.25) is 0 Å². The zero-order valence-corrected chi connectivity index (χ0v) is 9.32. The molecule has 6 nitrogen and oxygen atoms in total. The van der Waals surface area contributed by atoms with Crippen LogP contribution in [0.1, 0.15) is 20.8 Å². The SMILES string of the molecule is CC(C)CNC(=O)C(C)OP(=O)(O)O. The predicted molar refractivity (Wildman–Crippen MR) is 50.4 cm³/mol. The number of hydrogen-bond donors (Lipinski definition) is 3. The van der Waals surface area contributed by atoms with Crippen molar-refractivity contribution >= 4 is 13.7 Å². The zero-order chi connectivity index (χ0) is 11.4. The number of carbonyl (C=O) groups excluding carboxylic acids is 1. The minimum Gasteiger partial charge on any atom is -0.354 e. The molecule has 0 aliphatic heterocycles. The molecule has 1 atom stereocenters. The lowest BCUT2D eigenvalue weighted by atomic mass is 10.2. The third-order valence-electron chi connectivity index (χ3n) is 1.35. The van der Waals surface area contributed by atoms with Crippen molar-refractivity contribution in [1.82, 2.24) is 5.32 Å². The first-order chi connectivity index (χ1) is 6.22. The Labute approximate surface area is 82.9 Å². The van der Waals surface area contributed by atoms with Crippen LogP contribution in [-0.2, 0) is 13.9 Å². The molecular weight excluding hydrogens is 209 g/mol. The highest BCUT2D eigenvalue weighted by molar-refractivity contribution is 7.46. The molecular formula is C7H16NO5P. The van der Waals surface area contributed by atoms with Crippen molar-refractivity contribution in [2.75, 3.05) is 6.54 Å². The number of carbonyl (C=O) groups is 1. The Morgan fingerprint density at radius 3 is 2.29 bits per heavy atom. The van der Waals surface area contributed by atoms with Gasteiger partial charge in [-0.2, -0.15) is 0 Å². The van der Waals surface area contributed by atoms with E-state index < -0.39 is 19.8 Å². The van der Waals surface area contributed by atoms with E-state index in [0.29, 0.717) is 6.54 Å². The van der Waals surface area contributed by atoms with E-state index in [0.717, 1.165) is 0 Å². The van der Waals surface area contributed by atoms with Crippen LogP contribution in [0.4, 0.5) is 0 Å². The van der Waals surface area contributed by atoms with E-state index in [4.69, 9.17) is 9.79 Å². The van der Waals surface area contributed by atoms with E-state index in [-0.39, 0.29) is 5.92 Å². The molecule has 0 aromatic rings. The lowest BCUT2D eigenvalue weighted by Crippen LogP contribution is -2.36. The maximum absolute atomic E-state index is 11.1. The number of amides is 1. The molecule has 0 radical (unpaired) electrons. The zero-order valence-electron chi connectivity index (χ0n) is 8.43. The third-order valence-corrected chi connectivity index (χ3v) is 1.94. The van der Waals surface area contributed by atoms with Crippen molar-refractivity contribution < 1.29 is 23.7 Å². The second-order valence-corrected chi connectivity index (χ2v) is 4.57. The van der Waals surface area contributed by atoms with Gasteiger partial charge < -0.3 is 15.1 Å². The van der Waals surface area contributed by atoms with Crippen LogP contribution in [0.15, 0.2) is 0 Å². The fourth-order valence-corrected chi connectivity index (χ4v) is 1.21. The number of phosphoric acid groups is 1. The fourth-order valence-electron chi connectivity index (χ4n) is 0.702. The average Bonchev–Trinajstić information content (AvgIpc) is 1.96. The molecule has 7 heteroatoms. The molecule has 0 spiro atoms. The summed E-state index contributed by atoms with van der Waals surface area (Å²) in [7, 11) is -4.58. The monoisotopic (exact) mass is 225 g/mol. The average molecular weight is 225 g/mol. The van der Waals surface area contributed by atoms with Gasteiger partial charge in [-0.3, -0.25) is 9.32 Å². The summed E-state index contributed by atoms with van der Waals surface area (Å²) >= 11 is 0. The summed E-state index contributed by atoms with van der Waals surface area (Å²) in [6, 6.07) is 0. The lowest BCUT2D eigenvalue weighted by molar-refractivity contribution is -0.128. The van der Waals surface area contributed by atoms with E-state index >= 15 is 0 Å². The third kappa shape index (κ3) is 7.03. The summed E-state index contributed by atoms with van der Waals surface area (Å²) in [4.78, 5) is 28.0. The van der Waals surface area contributed by atoms with Crippen LogP contribution in [0, 0.1) is 5.92 Å². The highest BCUT2D eigenvalue weighted by atomic mass is 31.2. The van der Waals surface area contributed by atoms with E-state index in [2.05, 4.69) is 9.84 Å². The van der Waals surface area contributed by atoms with Crippen molar-refractivity contribution in [1.29, 1.82) is 0 Å². The van der Waals surface area contributed by atoms with Gasteiger partial charge in [-0.05, 0) is 12.8 Å². The maximum atomic E-state index is 11.1. The molecule has 0 saturated carbocycles. The van der Waals surface area contributed by atoms with Crippen molar-refractivity contribution in [3.63, 3.8) is 0 Å². The van der Waals surface area contributed by atoms with Gasteiger partial charge in [0, 0.05) is 6.54 Å². The Bertz CT molecular complexity index is 236. The lowest BCUT2D eigenvalue weighted by Gasteiger charge is -2.14. The van der Waals surface area contributed by atoms with E-state index in [1.165, 1.54) is 6.92 Å². The van der Waals surface area contributed by atoms with Gasteiger partial charge in [-0.25, -0.2) is 4.57 Å². The first-order valence-corrected chi connectivity index (χ1v) is 5.77. The first-order valence-electron chi connectivity index (χ1n) is 4.24. The van der Waals surface area contributed by atoms with E-state index in [1.54, 1.807) is 0 Å². The van der Waals surface area contributed by atoms with Gasteiger partial charge in [0.15, 0.2) is 0 Å². The second kappa shape index (κ2) is 5.46. The molecule has 0 heterocycles. The minimum absolute atomic E-state index is 0.279. The van der Waals surface area contributed by atoms with Gasteiger partial charge >= 0.3 is 7.82 Å². The van der Waals surface area contributed by atoms with E-state index in [9.17, 15) is 9.36 Å². The highest BCUT2D eigenvalue weighted by Crippen LogP contribution is 2.37. The van der Waals surface area contributed by atoms with Gasteiger partial charge in [-0.15, -0.1) is 0 Å². The Hall–Kier alpha value is -0.420. The number of hydrogen-bond acceptors (Lipinski definition) is 3. The summed E-state index contributed by atoms with van der Waals surface area (Å²) in [5.74, 6) is -0.247. The number of phosphoric ester groups is 1. The largest absolute Gasteiger partial charge is 0.470 e. The molecule has 84 valence electrons. The predicted octanol–water partition coefficient (Wildman–Crippen LogP) is 0.256.